The van der Waals surface area contributed by atoms with E-state index in [0.717, 1.165) is 11.1 Å². The SMILES string of the molecule is CSc1cc(-c2cn[nH]c2N)ccc1F. The summed E-state index contributed by atoms with van der Waals surface area (Å²) in [6.07, 6.45) is 3.47. The number of benzene rings is 1. The summed E-state index contributed by atoms with van der Waals surface area (Å²) >= 11 is 1.37. The van der Waals surface area contributed by atoms with Crippen molar-refractivity contribution >= 4 is 17.6 Å². The van der Waals surface area contributed by atoms with E-state index < -0.39 is 0 Å². The molecule has 2 aromatic rings. The summed E-state index contributed by atoms with van der Waals surface area (Å²) in [4.78, 5) is 0.605. The number of hydrogen-bond donors (Lipinski definition) is 2. The Morgan fingerprint density at radius 3 is 2.87 bits per heavy atom. The van der Waals surface area contributed by atoms with Gasteiger partial charge in [0.05, 0.1) is 6.20 Å². The van der Waals surface area contributed by atoms with Crippen molar-refractivity contribution in [1.29, 1.82) is 0 Å². The summed E-state index contributed by atoms with van der Waals surface area (Å²) in [7, 11) is 0. The number of aromatic amines is 1. The number of nitrogens with two attached hydrogens (primary N) is 1. The Labute approximate surface area is 90.9 Å². The average Bonchev–Trinajstić information content (AvgIpc) is 2.65. The number of rotatable bonds is 2. The predicted molar refractivity (Wildman–Crippen MR) is 60.2 cm³/mol. The molecule has 0 fully saturated rings. The van der Waals surface area contributed by atoms with Crippen molar-refractivity contribution in [3.63, 3.8) is 0 Å². The van der Waals surface area contributed by atoms with Crippen LogP contribution >= 0.6 is 11.8 Å². The summed E-state index contributed by atoms with van der Waals surface area (Å²) in [6, 6.07) is 4.89. The Hall–Kier alpha value is -1.49. The van der Waals surface area contributed by atoms with Crippen LogP contribution in [-0.2, 0) is 0 Å². The van der Waals surface area contributed by atoms with Crippen molar-refractivity contribution in [3.8, 4) is 11.1 Å². The second-order valence-corrected chi connectivity index (χ2v) is 3.89. The van der Waals surface area contributed by atoms with Gasteiger partial charge in [-0.2, -0.15) is 5.10 Å². The molecule has 15 heavy (non-hydrogen) atoms. The molecule has 1 aromatic carbocycles. The number of nitrogen functional groups attached to an aromatic ring is 1. The minimum atomic E-state index is -0.215. The van der Waals surface area contributed by atoms with Gasteiger partial charge in [0.15, 0.2) is 0 Å². The van der Waals surface area contributed by atoms with Gasteiger partial charge in [0.25, 0.3) is 0 Å². The van der Waals surface area contributed by atoms with Crippen LogP contribution in [0.15, 0.2) is 29.3 Å². The van der Waals surface area contributed by atoms with E-state index in [4.69, 9.17) is 5.73 Å². The zero-order valence-electron chi connectivity index (χ0n) is 8.12. The lowest BCUT2D eigenvalue weighted by Gasteiger charge is -2.03. The highest BCUT2D eigenvalue weighted by Crippen LogP contribution is 2.28. The van der Waals surface area contributed by atoms with Crippen molar-refractivity contribution in [2.24, 2.45) is 0 Å². The Balaban J connectivity index is 2.51. The molecule has 5 heteroatoms. The largest absolute Gasteiger partial charge is 0.384 e. The zero-order chi connectivity index (χ0) is 10.8. The molecule has 0 aliphatic rings. The van der Waals surface area contributed by atoms with Crippen LogP contribution in [0.5, 0.6) is 0 Å². The first-order valence-electron chi connectivity index (χ1n) is 4.35. The van der Waals surface area contributed by atoms with Crippen LogP contribution < -0.4 is 5.73 Å². The third-order valence-corrected chi connectivity index (χ3v) is 2.88. The number of aromatic nitrogens is 2. The van der Waals surface area contributed by atoms with Crippen molar-refractivity contribution < 1.29 is 4.39 Å². The monoisotopic (exact) mass is 223 g/mol. The van der Waals surface area contributed by atoms with Crippen LogP contribution in [0.4, 0.5) is 10.2 Å². The number of nitrogens with one attached hydrogen (secondary N) is 1. The molecule has 1 heterocycles. The van der Waals surface area contributed by atoms with Crippen LogP contribution in [0.2, 0.25) is 0 Å². The lowest BCUT2D eigenvalue weighted by molar-refractivity contribution is 0.602. The molecule has 3 N–H and O–H groups in total. The van der Waals surface area contributed by atoms with Crippen LogP contribution in [0.1, 0.15) is 0 Å². The lowest BCUT2D eigenvalue weighted by atomic mass is 10.1. The van der Waals surface area contributed by atoms with Gasteiger partial charge in [-0.3, -0.25) is 5.10 Å². The number of halogens is 1. The van der Waals surface area contributed by atoms with Crippen molar-refractivity contribution in [2.75, 3.05) is 12.0 Å². The number of thioether (sulfide) groups is 1. The summed E-state index contributed by atoms with van der Waals surface area (Å²) in [6.45, 7) is 0. The molecule has 1 aromatic heterocycles. The number of nitrogens with zero attached hydrogens (tertiary/aromatic N) is 1. The van der Waals surface area contributed by atoms with Crippen molar-refractivity contribution in [1.82, 2.24) is 10.2 Å². The molecule has 2 rings (SSSR count). The van der Waals surface area contributed by atoms with E-state index in [1.807, 2.05) is 6.26 Å². The van der Waals surface area contributed by atoms with E-state index in [1.165, 1.54) is 17.8 Å². The average molecular weight is 223 g/mol. The first kappa shape index (κ1) is 10.0. The normalized spacial score (nSPS) is 10.5. The molecule has 0 aliphatic heterocycles. The number of hydrogen-bond acceptors (Lipinski definition) is 3. The molecule has 0 amide bonds. The van der Waals surface area contributed by atoms with Crippen LogP contribution in [0.25, 0.3) is 11.1 Å². The van der Waals surface area contributed by atoms with E-state index in [0.29, 0.717) is 10.7 Å². The highest BCUT2D eigenvalue weighted by Gasteiger charge is 2.07. The lowest BCUT2D eigenvalue weighted by Crippen LogP contribution is -1.88. The molecule has 78 valence electrons. The predicted octanol–water partition coefficient (Wildman–Crippen LogP) is 2.52. The topological polar surface area (TPSA) is 54.7 Å². The maximum Gasteiger partial charge on any atom is 0.136 e. The Morgan fingerprint density at radius 2 is 2.27 bits per heavy atom. The van der Waals surface area contributed by atoms with Gasteiger partial charge in [-0.05, 0) is 24.0 Å². The van der Waals surface area contributed by atoms with Gasteiger partial charge in [-0.1, -0.05) is 6.07 Å². The molecule has 0 saturated heterocycles. The first-order valence-corrected chi connectivity index (χ1v) is 5.57. The molecule has 0 spiro atoms. The van der Waals surface area contributed by atoms with Gasteiger partial charge >= 0.3 is 0 Å². The maximum absolute atomic E-state index is 13.2. The van der Waals surface area contributed by atoms with E-state index >= 15 is 0 Å². The van der Waals surface area contributed by atoms with Crippen molar-refractivity contribution in [2.45, 2.75) is 4.90 Å². The van der Waals surface area contributed by atoms with Gasteiger partial charge in [-0.25, -0.2) is 4.39 Å². The fourth-order valence-corrected chi connectivity index (χ4v) is 1.86. The van der Waals surface area contributed by atoms with Gasteiger partial charge in [0, 0.05) is 10.5 Å². The standard InChI is InChI=1S/C10H10FN3S/c1-15-9-4-6(2-3-8(9)11)7-5-13-14-10(7)12/h2-5H,1H3,(H3,12,13,14). The maximum atomic E-state index is 13.2. The summed E-state index contributed by atoms with van der Waals surface area (Å²) in [5.41, 5.74) is 7.35. The van der Waals surface area contributed by atoms with Gasteiger partial charge < -0.3 is 5.73 Å². The Morgan fingerprint density at radius 1 is 1.47 bits per heavy atom. The quantitative estimate of drug-likeness (QED) is 0.769. The highest BCUT2D eigenvalue weighted by atomic mass is 32.2. The first-order chi connectivity index (χ1) is 7.22. The third kappa shape index (κ3) is 1.83. The van der Waals surface area contributed by atoms with E-state index in [-0.39, 0.29) is 5.82 Å². The highest BCUT2D eigenvalue weighted by molar-refractivity contribution is 7.98. The smallest absolute Gasteiger partial charge is 0.136 e. The van der Waals surface area contributed by atoms with E-state index in [1.54, 1.807) is 18.3 Å². The number of H-pyrrole nitrogens is 1. The fourth-order valence-electron chi connectivity index (χ4n) is 1.35. The molecule has 0 aliphatic carbocycles. The second kappa shape index (κ2) is 3.94. The summed E-state index contributed by atoms with van der Waals surface area (Å²) < 4.78 is 13.2. The van der Waals surface area contributed by atoms with E-state index in [2.05, 4.69) is 10.2 Å². The number of anilines is 1. The van der Waals surface area contributed by atoms with Gasteiger partial charge in [0.1, 0.15) is 11.6 Å². The van der Waals surface area contributed by atoms with Crippen molar-refractivity contribution in [3.05, 3.63) is 30.2 Å². The molecule has 3 nitrogen and oxygen atoms in total. The third-order valence-electron chi connectivity index (χ3n) is 2.13. The molecular formula is C10H10FN3S. The van der Waals surface area contributed by atoms with Gasteiger partial charge in [-0.15, -0.1) is 11.8 Å². The Kier molecular flexibility index (Phi) is 2.64. The summed E-state index contributed by atoms with van der Waals surface area (Å²) in [5, 5.41) is 6.47. The zero-order valence-corrected chi connectivity index (χ0v) is 8.94. The van der Waals surface area contributed by atoms with Crippen LogP contribution in [0.3, 0.4) is 0 Å². The molecular weight excluding hydrogens is 213 g/mol. The molecule has 0 bridgehead atoms. The van der Waals surface area contributed by atoms with Crippen LogP contribution in [0, 0.1) is 5.82 Å². The van der Waals surface area contributed by atoms with E-state index in [9.17, 15) is 4.39 Å². The fraction of sp³-hybridized carbons (Fsp3) is 0.100. The minimum Gasteiger partial charge on any atom is -0.384 e. The van der Waals surface area contributed by atoms with Gasteiger partial charge in [0.2, 0.25) is 0 Å². The van der Waals surface area contributed by atoms with Crippen LogP contribution in [-0.4, -0.2) is 16.5 Å². The molecule has 0 saturated carbocycles. The molecule has 0 atom stereocenters. The molecule has 0 radical (unpaired) electrons. The molecule has 0 unspecified atom stereocenters. The summed E-state index contributed by atoms with van der Waals surface area (Å²) in [5.74, 6) is 0.280. The minimum absolute atomic E-state index is 0.215. The second-order valence-electron chi connectivity index (χ2n) is 3.05. The Bertz CT molecular complexity index is 481.